The number of rotatable bonds is 1. The van der Waals surface area contributed by atoms with E-state index in [1.165, 1.54) is 30.9 Å². The van der Waals surface area contributed by atoms with E-state index in [0.29, 0.717) is 0 Å². The molecule has 2 aromatic carbocycles. The van der Waals surface area contributed by atoms with E-state index in [0.717, 1.165) is 6.54 Å². The van der Waals surface area contributed by atoms with Crippen molar-refractivity contribution in [2.45, 2.75) is 20.4 Å². The van der Waals surface area contributed by atoms with Gasteiger partial charge in [0.25, 0.3) is 0 Å². The zero-order chi connectivity index (χ0) is 12.0. The van der Waals surface area contributed by atoms with Crippen LogP contribution in [0, 0.1) is 10.5 Å². The maximum atomic E-state index is 2.39. The molecule has 0 unspecified atom stereocenters. The summed E-state index contributed by atoms with van der Waals surface area (Å²) in [7, 11) is 0. The molecule has 17 heavy (non-hydrogen) atoms. The molecule has 2 heteroatoms. The Morgan fingerprint density at radius 3 is 2.35 bits per heavy atom. The summed E-state index contributed by atoms with van der Waals surface area (Å²) in [5.74, 6) is 0. The van der Waals surface area contributed by atoms with Gasteiger partial charge in [-0.3, -0.25) is 0 Å². The number of hydrogen-bond acceptors (Lipinski definition) is 0. The monoisotopic (exact) mass is 335 g/mol. The molecule has 1 nitrogen and oxygen atoms in total. The molecule has 1 heterocycles. The van der Waals surface area contributed by atoms with Crippen LogP contribution in [0.2, 0.25) is 0 Å². The summed E-state index contributed by atoms with van der Waals surface area (Å²) in [4.78, 5) is 0. The van der Waals surface area contributed by atoms with Gasteiger partial charge in [0.05, 0.1) is 0 Å². The van der Waals surface area contributed by atoms with Crippen molar-refractivity contribution in [3.8, 4) is 0 Å². The molecule has 0 atom stereocenters. The van der Waals surface area contributed by atoms with Gasteiger partial charge in [-0.1, -0.05) is 11.6 Å². The largest absolute Gasteiger partial charge is 0.341 e. The lowest BCUT2D eigenvalue weighted by molar-refractivity contribution is 0.827. The van der Waals surface area contributed by atoms with Gasteiger partial charge in [-0.15, -0.1) is 0 Å². The first-order chi connectivity index (χ1) is 8.20. The molecule has 86 valence electrons. The number of fused-ring (bicyclic) bond motifs is 3. The molecule has 0 saturated carbocycles. The Balaban J connectivity index is 2.57. The highest BCUT2D eigenvalue weighted by atomic mass is 127. The molecule has 0 radical (unpaired) electrons. The van der Waals surface area contributed by atoms with E-state index in [9.17, 15) is 0 Å². The molecule has 1 aromatic heterocycles. The van der Waals surface area contributed by atoms with E-state index >= 15 is 0 Å². The van der Waals surface area contributed by atoms with Crippen LogP contribution in [-0.4, -0.2) is 4.57 Å². The van der Waals surface area contributed by atoms with Gasteiger partial charge in [0, 0.05) is 31.9 Å². The molecule has 3 rings (SSSR count). The Hall–Kier alpha value is -1.03. The highest BCUT2D eigenvalue weighted by molar-refractivity contribution is 14.1. The van der Waals surface area contributed by atoms with Crippen LogP contribution < -0.4 is 0 Å². The molecule has 3 aromatic rings. The Kier molecular flexibility index (Phi) is 2.62. The van der Waals surface area contributed by atoms with Crippen LogP contribution >= 0.6 is 22.6 Å². The third-order valence-electron chi connectivity index (χ3n) is 3.30. The van der Waals surface area contributed by atoms with Crippen molar-refractivity contribution in [1.82, 2.24) is 4.57 Å². The van der Waals surface area contributed by atoms with Crippen molar-refractivity contribution in [2.75, 3.05) is 0 Å². The SMILES string of the molecule is CCn1c2ccc(C)cc2c2cc(I)ccc21. The molecule has 0 amide bonds. The van der Waals surface area contributed by atoms with E-state index in [4.69, 9.17) is 0 Å². The average Bonchev–Trinajstić information content (AvgIpc) is 2.62. The second kappa shape index (κ2) is 4.02. The Morgan fingerprint density at radius 2 is 1.65 bits per heavy atom. The molecule has 0 fully saturated rings. The van der Waals surface area contributed by atoms with Crippen LogP contribution in [0.25, 0.3) is 21.8 Å². The molecule has 0 bridgehead atoms. The Morgan fingerprint density at radius 1 is 1.00 bits per heavy atom. The Labute approximate surface area is 115 Å². The Bertz CT molecular complexity index is 650. The average molecular weight is 335 g/mol. The first-order valence-corrected chi connectivity index (χ1v) is 6.96. The summed E-state index contributed by atoms with van der Waals surface area (Å²) >= 11 is 2.38. The summed E-state index contributed by atoms with van der Waals surface area (Å²) in [6.45, 7) is 5.38. The second-order valence-corrected chi connectivity index (χ2v) is 5.67. The van der Waals surface area contributed by atoms with Gasteiger partial charge in [0.2, 0.25) is 0 Å². The van der Waals surface area contributed by atoms with Crippen molar-refractivity contribution in [1.29, 1.82) is 0 Å². The number of benzene rings is 2. The molecular weight excluding hydrogens is 321 g/mol. The maximum Gasteiger partial charge on any atom is 0.0492 e. The van der Waals surface area contributed by atoms with Gasteiger partial charge >= 0.3 is 0 Å². The van der Waals surface area contributed by atoms with Crippen molar-refractivity contribution in [3.05, 3.63) is 45.5 Å². The van der Waals surface area contributed by atoms with E-state index in [1.54, 1.807) is 0 Å². The van der Waals surface area contributed by atoms with Crippen LogP contribution in [-0.2, 0) is 6.54 Å². The minimum Gasteiger partial charge on any atom is -0.341 e. The highest BCUT2D eigenvalue weighted by Gasteiger charge is 2.09. The minimum absolute atomic E-state index is 1.02. The number of hydrogen-bond donors (Lipinski definition) is 0. The molecule has 0 aliphatic heterocycles. The van der Waals surface area contributed by atoms with Gasteiger partial charge in [-0.05, 0) is 66.8 Å². The molecule has 0 spiro atoms. The first kappa shape index (κ1) is 11.1. The van der Waals surface area contributed by atoms with Crippen LogP contribution in [0.3, 0.4) is 0 Å². The zero-order valence-electron chi connectivity index (χ0n) is 10.00. The lowest BCUT2D eigenvalue weighted by atomic mass is 10.1. The summed E-state index contributed by atoms with van der Waals surface area (Å²) in [5, 5.41) is 2.75. The fourth-order valence-corrected chi connectivity index (χ4v) is 3.02. The zero-order valence-corrected chi connectivity index (χ0v) is 12.2. The second-order valence-electron chi connectivity index (χ2n) is 4.43. The van der Waals surface area contributed by atoms with Crippen molar-refractivity contribution in [3.63, 3.8) is 0 Å². The molecule has 0 N–H and O–H groups in total. The van der Waals surface area contributed by atoms with Crippen molar-refractivity contribution in [2.24, 2.45) is 0 Å². The van der Waals surface area contributed by atoms with Crippen LogP contribution in [0.5, 0.6) is 0 Å². The lowest BCUT2D eigenvalue weighted by Crippen LogP contribution is -1.92. The normalized spacial score (nSPS) is 11.5. The summed E-state index contributed by atoms with van der Waals surface area (Å²) in [5.41, 5.74) is 4.01. The fraction of sp³-hybridized carbons (Fsp3) is 0.200. The third-order valence-corrected chi connectivity index (χ3v) is 3.97. The predicted molar refractivity (Wildman–Crippen MR) is 82.6 cm³/mol. The number of nitrogens with zero attached hydrogens (tertiary/aromatic N) is 1. The third kappa shape index (κ3) is 1.66. The highest BCUT2D eigenvalue weighted by Crippen LogP contribution is 2.30. The smallest absolute Gasteiger partial charge is 0.0492 e. The quantitative estimate of drug-likeness (QED) is 0.567. The van der Waals surface area contributed by atoms with Gasteiger partial charge in [-0.2, -0.15) is 0 Å². The van der Waals surface area contributed by atoms with E-state index in [-0.39, 0.29) is 0 Å². The molecule has 0 aliphatic carbocycles. The summed E-state index contributed by atoms with van der Waals surface area (Å²) in [6.07, 6.45) is 0. The predicted octanol–water partition coefficient (Wildman–Crippen LogP) is 4.73. The number of aromatic nitrogens is 1. The van der Waals surface area contributed by atoms with Crippen LogP contribution in [0.1, 0.15) is 12.5 Å². The lowest BCUT2D eigenvalue weighted by Gasteiger charge is -2.02. The van der Waals surface area contributed by atoms with Crippen LogP contribution in [0.4, 0.5) is 0 Å². The van der Waals surface area contributed by atoms with Crippen molar-refractivity contribution < 1.29 is 0 Å². The van der Waals surface area contributed by atoms with E-state index in [2.05, 4.69) is 77.4 Å². The summed E-state index contributed by atoms with van der Waals surface area (Å²) < 4.78 is 3.69. The van der Waals surface area contributed by atoms with Crippen molar-refractivity contribution >= 4 is 44.4 Å². The van der Waals surface area contributed by atoms with Gasteiger partial charge < -0.3 is 4.57 Å². The first-order valence-electron chi connectivity index (χ1n) is 5.89. The molecular formula is C15H14IN. The maximum absolute atomic E-state index is 2.39. The molecule has 0 aliphatic rings. The standard InChI is InChI=1S/C15H14IN/c1-3-17-14-6-4-10(2)8-12(14)13-9-11(16)5-7-15(13)17/h4-9H,3H2,1-2H3. The minimum atomic E-state index is 1.02. The topological polar surface area (TPSA) is 4.93 Å². The molecule has 0 saturated heterocycles. The summed E-state index contributed by atoms with van der Waals surface area (Å²) in [6, 6.07) is 13.4. The number of halogens is 1. The van der Waals surface area contributed by atoms with Gasteiger partial charge in [0.1, 0.15) is 0 Å². The van der Waals surface area contributed by atoms with Crippen LogP contribution in [0.15, 0.2) is 36.4 Å². The van der Waals surface area contributed by atoms with E-state index in [1.807, 2.05) is 0 Å². The van der Waals surface area contributed by atoms with Gasteiger partial charge in [0.15, 0.2) is 0 Å². The van der Waals surface area contributed by atoms with Gasteiger partial charge in [-0.25, -0.2) is 0 Å². The fourth-order valence-electron chi connectivity index (χ4n) is 2.53. The van der Waals surface area contributed by atoms with E-state index < -0.39 is 0 Å². The number of aryl methyl sites for hydroxylation is 2.